The van der Waals surface area contributed by atoms with Gasteiger partial charge in [0.05, 0.1) is 11.2 Å². The van der Waals surface area contributed by atoms with E-state index in [0.717, 1.165) is 0 Å². The molecule has 20 heavy (non-hydrogen) atoms. The fourth-order valence-electron chi connectivity index (χ4n) is 1.51. The number of nitrogens with zero attached hydrogens (tertiary/aromatic N) is 1. The van der Waals surface area contributed by atoms with E-state index in [1.165, 1.54) is 12.5 Å². The van der Waals surface area contributed by atoms with Gasteiger partial charge in [0, 0.05) is 24.9 Å². The summed E-state index contributed by atoms with van der Waals surface area (Å²) in [6.45, 7) is 0.00510. The Hall–Kier alpha value is -1.87. The quantitative estimate of drug-likeness (QED) is 0.819. The maximum Gasteiger partial charge on any atom is 0.240 e. The number of aromatic amines is 1. The topological polar surface area (TPSA) is 74.8 Å². The highest BCUT2D eigenvalue weighted by atomic mass is 32.2. The van der Waals surface area contributed by atoms with Crippen molar-refractivity contribution >= 4 is 10.0 Å². The predicted molar refractivity (Wildman–Crippen MR) is 63.8 cm³/mol. The first-order valence-electron chi connectivity index (χ1n) is 5.51. The molecule has 2 rings (SSSR count). The highest BCUT2D eigenvalue weighted by Gasteiger charge is 2.19. The van der Waals surface area contributed by atoms with Crippen LogP contribution in [0.1, 0.15) is 5.69 Å². The summed E-state index contributed by atoms with van der Waals surface area (Å²) in [4.78, 5) is 5.86. The van der Waals surface area contributed by atoms with Crippen LogP contribution in [0.4, 0.5) is 13.2 Å². The molecule has 0 atom stereocenters. The standard InChI is InChI=1S/C11H10F3N3O2S/c12-9-3-8(4-10(13)11(9)14)20(18,19)17-2-1-7-5-15-6-16-7/h3-6,17H,1-2H2,(H,15,16). The van der Waals surface area contributed by atoms with Crippen molar-refractivity contribution in [3.05, 3.63) is 47.8 Å². The maximum absolute atomic E-state index is 13.0. The minimum Gasteiger partial charge on any atom is -0.348 e. The second-order valence-electron chi connectivity index (χ2n) is 3.93. The van der Waals surface area contributed by atoms with Crippen LogP contribution >= 0.6 is 0 Å². The van der Waals surface area contributed by atoms with Crippen LogP contribution in [0.15, 0.2) is 29.6 Å². The molecule has 0 aliphatic rings. The third-order valence-electron chi connectivity index (χ3n) is 2.51. The smallest absolute Gasteiger partial charge is 0.240 e. The van der Waals surface area contributed by atoms with Gasteiger partial charge in [-0.15, -0.1) is 0 Å². The second kappa shape index (κ2) is 5.63. The Balaban J connectivity index is 2.10. The largest absolute Gasteiger partial charge is 0.348 e. The van der Waals surface area contributed by atoms with Gasteiger partial charge in [0.25, 0.3) is 0 Å². The van der Waals surface area contributed by atoms with Gasteiger partial charge in [0.1, 0.15) is 0 Å². The number of hydrogen-bond acceptors (Lipinski definition) is 3. The summed E-state index contributed by atoms with van der Waals surface area (Å²) >= 11 is 0. The molecular weight excluding hydrogens is 295 g/mol. The average molecular weight is 305 g/mol. The summed E-state index contributed by atoms with van der Waals surface area (Å²) in [5.74, 6) is -4.82. The highest BCUT2D eigenvalue weighted by Crippen LogP contribution is 2.17. The van der Waals surface area contributed by atoms with Crippen molar-refractivity contribution in [2.75, 3.05) is 6.54 Å². The molecule has 2 N–H and O–H groups in total. The van der Waals surface area contributed by atoms with E-state index in [-0.39, 0.29) is 6.54 Å². The molecule has 5 nitrogen and oxygen atoms in total. The van der Waals surface area contributed by atoms with Gasteiger partial charge in [-0.1, -0.05) is 0 Å². The van der Waals surface area contributed by atoms with E-state index in [1.807, 2.05) is 0 Å². The highest BCUT2D eigenvalue weighted by molar-refractivity contribution is 7.89. The normalized spacial score (nSPS) is 11.8. The van der Waals surface area contributed by atoms with Crippen molar-refractivity contribution in [2.45, 2.75) is 11.3 Å². The minimum atomic E-state index is -4.11. The zero-order valence-electron chi connectivity index (χ0n) is 10.0. The van der Waals surface area contributed by atoms with Crippen LogP contribution in [0, 0.1) is 17.5 Å². The van der Waals surface area contributed by atoms with Crippen LogP contribution in [0.5, 0.6) is 0 Å². The lowest BCUT2D eigenvalue weighted by Crippen LogP contribution is -2.26. The van der Waals surface area contributed by atoms with E-state index in [9.17, 15) is 21.6 Å². The Morgan fingerprint density at radius 2 is 1.85 bits per heavy atom. The first-order chi connectivity index (χ1) is 9.40. The van der Waals surface area contributed by atoms with E-state index in [2.05, 4.69) is 14.7 Å². The SMILES string of the molecule is O=S(=O)(NCCc1cnc[nH]1)c1cc(F)c(F)c(F)c1. The summed E-state index contributed by atoms with van der Waals surface area (Å²) in [5.41, 5.74) is 0.698. The van der Waals surface area contributed by atoms with Gasteiger partial charge < -0.3 is 4.98 Å². The molecule has 1 aromatic carbocycles. The second-order valence-corrected chi connectivity index (χ2v) is 5.69. The number of aromatic nitrogens is 2. The molecule has 2 aromatic rings. The van der Waals surface area contributed by atoms with Crippen LogP contribution in [-0.4, -0.2) is 24.9 Å². The van der Waals surface area contributed by atoms with E-state index < -0.39 is 32.4 Å². The molecule has 9 heteroatoms. The lowest BCUT2D eigenvalue weighted by Gasteiger charge is -2.07. The molecule has 0 amide bonds. The zero-order valence-corrected chi connectivity index (χ0v) is 10.8. The third kappa shape index (κ3) is 3.17. The number of rotatable bonds is 5. The minimum absolute atomic E-state index is 0.00510. The van der Waals surface area contributed by atoms with Crippen molar-refractivity contribution < 1.29 is 21.6 Å². The number of hydrogen-bond donors (Lipinski definition) is 2. The summed E-state index contributed by atoms with van der Waals surface area (Å²) in [5, 5.41) is 0. The monoisotopic (exact) mass is 305 g/mol. The molecule has 0 fully saturated rings. The van der Waals surface area contributed by atoms with Crippen LogP contribution in [0.25, 0.3) is 0 Å². The first kappa shape index (κ1) is 14.5. The molecule has 0 radical (unpaired) electrons. The predicted octanol–water partition coefficient (Wildman–Crippen LogP) is 1.35. The fraction of sp³-hybridized carbons (Fsp3) is 0.182. The molecule has 0 spiro atoms. The molecule has 0 saturated carbocycles. The van der Waals surface area contributed by atoms with Crippen LogP contribution < -0.4 is 4.72 Å². The van der Waals surface area contributed by atoms with Gasteiger partial charge in [-0.25, -0.2) is 31.3 Å². The van der Waals surface area contributed by atoms with Crippen molar-refractivity contribution in [1.29, 1.82) is 0 Å². The van der Waals surface area contributed by atoms with Crippen LogP contribution in [0.2, 0.25) is 0 Å². The fourth-order valence-corrected chi connectivity index (χ4v) is 2.57. The van der Waals surface area contributed by atoms with E-state index in [0.29, 0.717) is 24.2 Å². The summed E-state index contributed by atoms with van der Waals surface area (Å²) in [6.07, 6.45) is 3.28. The maximum atomic E-state index is 13.0. The molecule has 0 unspecified atom stereocenters. The Bertz CT molecular complexity index is 679. The summed E-state index contributed by atoms with van der Waals surface area (Å²) in [7, 11) is -4.11. The van der Waals surface area contributed by atoms with E-state index >= 15 is 0 Å². The molecule has 0 aliphatic heterocycles. The number of sulfonamides is 1. The lowest BCUT2D eigenvalue weighted by molar-refractivity contribution is 0.442. The van der Waals surface area contributed by atoms with Gasteiger partial charge in [-0.3, -0.25) is 0 Å². The Labute approximate surface area is 112 Å². The van der Waals surface area contributed by atoms with Crippen molar-refractivity contribution in [3.8, 4) is 0 Å². The molecule has 0 bridgehead atoms. The van der Waals surface area contributed by atoms with E-state index in [1.54, 1.807) is 0 Å². The van der Waals surface area contributed by atoms with Crippen LogP contribution in [0.3, 0.4) is 0 Å². The number of H-pyrrole nitrogens is 1. The van der Waals surface area contributed by atoms with Gasteiger partial charge in [0.2, 0.25) is 10.0 Å². The Morgan fingerprint density at radius 3 is 2.40 bits per heavy atom. The Morgan fingerprint density at radius 1 is 1.20 bits per heavy atom. The van der Waals surface area contributed by atoms with E-state index in [4.69, 9.17) is 0 Å². The van der Waals surface area contributed by atoms with Gasteiger partial charge >= 0.3 is 0 Å². The molecule has 1 aromatic heterocycles. The van der Waals surface area contributed by atoms with Crippen molar-refractivity contribution in [1.82, 2.24) is 14.7 Å². The number of halogens is 3. The zero-order chi connectivity index (χ0) is 14.8. The van der Waals surface area contributed by atoms with Gasteiger partial charge in [-0.05, 0) is 12.1 Å². The third-order valence-corrected chi connectivity index (χ3v) is 3.95. The average Bonchev–Trinajstić information content (AvgIpc) is 2.88. The molecule has 0 saturated heterocycles. The van der Waals surface area contributed by atoms with Crippen LogP contribution in [-0.2, 0) is 16.4 Å². The van der Waals surface area contributed by atoms with Gasteiger partial charge in [-0.2, -0.15) is 0 Å². The summed E-state index contributed by atoms with van der Waals surface area (Å²) in [6, 6.07) is 0.855. The molecule has 1 heterocycles. The van der Waals surface area contributed by atoms with Gasteiger partial charge in [0.15, 0.2) is 17.5 Å². The molecular formula is C11H10F3N3O2S. The Kier molecular flexibility index (Phi) is 4.09. The number of benzene rings is 1. The van der Waals surface area contributed by atoms with Crippen molar-refractivity contribution in [3.63, 3.8) is 0 Å². The number of nitrogens with one attached hydrogen (secondary N) is 2. The first-order valence-corrected chi connectivity index (χ1v) is 7.00. The lowest BCUT2D eigenvalue weighted by atomic mass is 10.3. The van der Waals surface area contributed by atoms with Crippen molar-refractivity contribution in [2.24, 2.45) is 0 Å². The molecule has 108 valence electrons. The summed E-state index contributed by atoms with van der Waals surface area (Å²) < 4.78 is 64.5. The molecule has 0 aliphatic carbocycles. The number of imidazole rings is 1.